The van der Waals surface area contributed by atoms with Gasteiger partial charge in [-0.15, -0.1) is 0 Å². The van der Waals surface area contributed by atoms with Crippen molar-refractivity contribution < 1.29 is 63.5 Å². The third kappa shape index (κ3) is 18.1. The quantitative estimate of drug-likeness (QED) is 0.204. The van der Waals surface area contributed by atoms with Crippen LogP contribution in [0.15, 0.2) is 0 Å². The lowest BCUT2D eigenvalue weighted by Gasteiger charge is -1.90. The molecule has 7 N–H and O–H groups in total. The van der Waals surface area contributed by atoms with Gasteiger partial charge in [-0.1, -0.05) is 0 Å². The summed E-state index contributed by atoms with van der Waals surface area (Å²) >= 11 is 0. The Morgan fingerprint density at radius 1 is 0.650 bits per heavy atom. The van der Waals surface area contributed by atoms with Crippen molar-refractivity contribution in [1.29, 1.82) is 0 Å². The lowest BCUT2D eigenvalue weighted by molar-refractivity contribution is -0.157. The number of alkyl halides is 2. The van der Waals surface area contributed by atoms with Crippen molar-refractivity contribution in [2.45, 2.75) is 12.3 Å². The molecular weight excluding hydrogens is 297 g/mol. The van der Waals surface area contributed by atoms with Crippen LogP contribution < -0.4 is 0 Å². The smallest absolute Gasteiger partial charge is 0.479 e. The van der Waals surface area contributed by atoms with Gasteiger partial charge in [-0.3, -0.25) is 0 Å². The van der Waals surface area contributed by atoms with Crippen LogP contribution in [-0.2, 0) is 19.2 Å². The van der Waals surface area contributed by atoms with E-state index < -0.39 is 43.5 Å². The maximum Gasteiger partial charge on any atom is 0.631 e. The number of carboxylic acid groups (broad SMARTS) is 4. The van der Waals surface area contributed by atoms with Crippen molar-refractivity contribution in [3.05, 3.63) is 0 Å². The molecule has 14 heteroatoms. The molecule has 0 aliphatic rings. The maximum atomic E-state index is 11.4. The van der Waals surface area contributed by atoms with E-state index in [1.54, 1.807) is 0 Å². The van der Waals surface area contributed by atoms with Gasteiger partial charge in [-0.25, -0.2) is 28.0 Å². The summed E-state index contributed by atoms with van der Waals surface area (Å²) < 4.78 is 22.9. The lowest BCUT2D eigenvalue weighted by Crippen LogP contribution is -2.24. The Kier molecular flexibility index (Phi) is 13.4. The summed E-state index contributed by atoms with van der Waals surface area (Å²) in [5, 5.41) is 51.9. The SMILES string of the molecule is O=C(O)C(F)C(=O)O.O=C(O)C(F)C(=O)O.OB(O)O. The second-order valence-corrected chi connectivity index (χ2v) is 2.42. The molecule has 0 aromatic rings. The Morgan fingerprint density at radius 2 is 0.750 bits per heavy atom. The molecule has 0 saturated carbocycles. The van der Waals surface area contributed by atoms with Crippen LogP contribution in [0.1, 0.15) is 0 Å². The highest BCUT2D eigenvalue weighted by Gasteiger charge is 2.24. The Balaban J connectivity index is -0.000000230. The Bertz CT molecular complexity index is 285. The molecule has 0 fully saturated rings. The summed E-state index contributed by atoms with van der Waals surface area (Å²) in [7, 11) is -2.17. The molecule has 0 bridgehead atoms. The van der Waals surface area contributed by atoms with E-state index in [9.17, 15) is 28.0 Å². The molecule has 0 unspecified atom stereocenters. The van der Waals surface area contributed by atoms with Crippen LogP contribution in [0, 0.1) is 0 Å². The minimum Gasteiger partial charge on any atom is -0.479 e. The zero-order valence-corrected chi connectivity index (χ0v) is 9.25. The number of carbonyl (C=O) groups is 4. The molecule has 0 heterocycles. The molecule has 0 aliphatic carbocycles. The van der Waals surface area contributed by atoms with E-state index in [0.29, 0.717) is 0 Å². The summed E-state index contributed by atoms with van der Waals surface area (Å²) in [5.41, 5.74) is 0. The molecule has 0 aromatic carbocycles. The zero-order chi connectivity index (χ0) is 17.0. The predicted molar refractivity (Wildman–Crippen MR) is 52.7 cm³/mol. The highest BCUT2D eigenvalue weighted by Crippen LogP contribution is 1.88. The van der Waals surface area contributed by atoms with Gasteiger partial charge in [0.05, 0.1) is 0 Å². The molecule has 0 amide bonds. The fourth-order valence-electron chi connectivity index (χ4n) is 0.211. The number of halogens is 2. The van der Waals surface area contributed by atoms with Gasteiger partial charge in [-0.2, -0.15) is 0 Å². The maximum absolute atomic E-state index is 11.4. The van der Waals surface area contributed by atoms with Gasteiger partial charge in [0.25, 0.3) is 12.3 Å². The topological polar surface area (TPSA) is 210 Å². The van der Waals surface area contributed by atoms with E-state index in [2.05, 4.69) is 0 Å². The number of rotatable bonds is 4. The second-order valence-electron chi connectivity index (χ2n) is 2.42. The van der Waals surface area contributed by atoms with Crippen LogP contribution in [0.4, 0.5) is 8.78 Å². The van der Waals surface area contributed by atoms with E-state index in [1.165, 1.54) is 0 Å². The van der Waals surface area contributed by atoms with Crippen LogP contribution in [0.25, 0.3) is 0 Å². The predicted octanol–water partition coefficient (Wildman–Crippen LogP) is -3.06. The van der Waals surface area contributed by atoms with Crippen LogP contribution in [-0.4, -0.2) is 79.0 Å². The minimum atomic E-state index is -2.80. The standard InChI is InChI=1S/2C3H3FO4.BH3O3/c2*4-1(2(5)6)3(7)8;2-1(3)4/h2*1H,(H,5,6)(H,7,8);2-4H. The van der Waals surface area contributed by atoms with Crippen LogP contribution in [0.3, 0.4) is 0 Å². The van der Waals surface area contributed by atoms with Gasteiger partial charge in [0.2, 0.25) is 0 Å². The van der Waals surface area contributed by atoms with Gasteiger partial charge in [0.15, 0.2) is 0 Å². The van der Waals surface area contributed by atoms with E-state index in [0.717, 1.165) is 0 Å². The van der Waals surface area contributed by atoms with Crippen molar-refractivity contribution in [3.63, 3.8) is 0 Å². The lowest BCUT2D eigenvalue weighted by atomic mass is 10.3. The van der Waals surface area contributed by atoms with E-state index in [1.807, 2.05) is 0 Å². The molecule has 0 aliphatic heterocycles. The Morgan fingerprint density at radius 3 is 0.750 bits per heavy atom. The first kappa shape index (κ1) is 22.8. The van der Waals surface area contributed by atoms with Crippen molar-refractivity contribution in [2.24, 2.45) is 0 Å². The molecule has 0 aromatic heterocycles. The van der Waals surface area contributed by atoms with E-state index >= 15 is 0 Å². The fourth-order valence-corrected chi connectivity index (χ4v) is 0.211. The van der Waals surface area contributed by atoms with Crippen molar-refractivity contribution in [2.75, 3.05) is 0 Å². The summed E-state index contributed by atoms with van der Waals surface area (Å²) in [6.45, 7) is 0. The molecule has 0 radical (unpaired) electrons. The number of hydrogen-bond donors (Lipinski definition) is 7. The molecule has 0 rings (SSSR count). The van der Waals surface area contributed by atoms with Gasteiger partial charge in [0.1, 0.15) is 0 Å². The molecule has 20 heavy (non-hydrogen) atoms. The number of aliphatic carboxylic acids is 4. The van der Waals surface area contributed by atoms with Crippen LogP contribution >= 0.6 is 0 Å². The normalized spacial score (nSPS) is 8.75. The van der Waals surface area contributed by atoms with Crippen molar-refractivity contribution in [3.8, 4) is 0 Å². The van der Waals surface area contributed by atoms with E-state index in [-0.39, 0.29) is 0 Å². The van der Waals surface area contributed by atoms with Gasteiger partial charge >= 0.3 is 31.2 Å². The third-order valence-corrected chi connectivity index (χ3v) is 0.867. The highest BCUT2D eigenvalue weighted by molar-refractivity contribution is 6.30. The molecule has 116 valence electrons. The molecule has 0 saturated heterocycles. The molecule has 0 spiro atoms. The minimum absolute atomic E-state index is 1.97. The van der Waals surface area contributed by atoms with Gasteiger partial charge < -0.3 is 35.5 Å². The first-order chi connectivity index (χ1) is 8.84. The average Bonchev–Trinajstić information content (AvgIpc) is 2.26. The Hall–Kier alpha value is -2.32. The Labute approximate surface area is 108 Å². The first-order valence-corrected chi connectivity index (χ1v) is 4.08. The second kappa shape index (κ2) is 11.8. The number of hydrogen-bond acceptors (Lipinski definition) is 7. The van der Waals surface area contributed by atoms with Gasteiger partial charge in [-0.05, 0) is 0 Å². The van der Waals surface area contributed by atoms with Crippen molar-refractivity contribution >= 4 is 31.2 Å². The molecular formula is C6H9BF2O11. The van der Waals surface area contributed by atoms with Crippen LogP contribution in [0.5, 0.6) is 0 Å². The fraction of sp³-hybridized carbons (Fsp3) is 0.333. The molecule has 0 atom stereocenters. The average molecular weight is 306 g/mol. The summed E-state index contributed by atoms with van der Waals surface area (Å²) in [6, 6.07) is 0. The highest BCUT2D eigenvalue weighted by atomic mass is 19.1. The van der Waals surface area contributed by atoms with Crippen molar-refractivity contribution in [1.82, 2.24) is 0 Å². The zero-order valence-electron chi connectivity index (χ0n) is 9.25. The van der Waals surface area contributed by atoms with Crippen LogP contribution in [0.2, 0.25) is 0 Å². The van der Waals surface area contributed by atoms with Gasteiger partial charge in [0, 0.05) is 0 Å². The third-order valence-electron chi connectivity index (χ3n) is 0.867. The number of carboxylic acids is 4. The van der Waals surface area contributed by atoms with E-state index in [4.69, 9.17) is 35.5 Å². The molecule has 11 nitrogen and oxygen atoms in total. The summed E-state index contributed by atoms with van der Waals surface area (Å²) in [5.74, 6) is -7.90. The summed E-state index contributed by atoms with van der Waals surface area (Å²) in [4.78, 5) is 37.5. The largest absolute Gasteiger partial charge is 0.631 e. The monoisotopic (exact) mass is 306 g/mol. The first-order valence-electron chi connectivity index (χ1n) is 4.08. The summed E-state index contributed by atoms with van der Waals surface area (Å²) in [6.07, 6.45) is -5.59.